The van der Waals surface area contributed by atoms with Gasteiger partial charge >= 0.3 is 0 Å². The molecule has 4 rings (SSSR count). The largest absolute Gasteiger partial charge is 0.495 e. The molecular formula is C23H17ClN2O4S. The molecule has 2 heterocycles. The number of rotatable bonds is 4. The van der Waals surface area contributed by atoms with Crippen LogP contribution in [-0.4, -0.2) is 24.0 Å². The molecule has 0 saturated carbocycles. The predicted molar refractivity (Wildman–Crippen MR) is 123 cm³/mol. The lowest BCUT2D eigenvalue weighted by atomic mass is 10.1. The molecule has 2 amide bonds. The lowest BCUT2D eigenvalue weighted by Crippen LogP contribution is -2.54. The fourth-order valence-corrected chi connectivity index (χ4v) is 3.71. The van der Waals surface area contributed by atoms with Gasteiger partial charge in [0, 0.05) is 10.6 Å². The highest BCUT2D eigenvalue weighted by Gasteiger charge is 2.36. The van der Waals surface area contributed by atoms with Crippen molar-refractivity contribution in [3.05, 3.63) is 76.5 Å². The number of carbonyl (C=O) groups excluding carboxylic acids is 2. The van der Waals surface area contributed by atoms with Crippen LogP contribution < -0.4 is 15.0 Å². The van der Waals surface area contributed by atoms with Crippen LogP contribution in [0.3, 0.4) is 0 Å². The van der Waals surface area contributed by atoms with Gasteiger partial charge in [0.05, 0.1) is 12.8 Å². The van der Waals surface area contributed by atoms with Gasteiger partial charge in [-0.25, -0.2) is 4.90 Å². The average Bonchev–Trinajstić information content (AvgIpc) is 3.21. The molecule has 1 N–H and O–H groups in total. The molecule has 31 heavy (non-hydrogen) atoms. The number of methoxy groups -OCH3 is 1. The number of carbonyl (C=O) groups is 2. The third-order valence-corrected chi connectivity index (χ3v) is 5.33. The number of thiocarbonyl (C=S) groups is 1. The second kappa shape index (κ2) is 8.37. The summed E-state index contributed by atoms with van der Waals surface area (Å²) >= 11 is 11.3. The summed E-state index contributed by atoms with van der Waals surface area (Å²) in [4.78, 5) is 26.9. The first-order valence-corrected chi connectivity index (χ1v) is 10.1. The summed E-state index contributed by atoms with van der Waals surface area (Å²) in [7, 11) is 1.49. The van der Waals surface area contributed by atoms with Crippen LogP contribution in [-0.2, 0) is 9.59 Å². The lowest BCUT2D eigenvalue weighted by molar-refractivity contribution is -0.122. The Balaban J connectivity index is 1.71. The number of ether oxygens (including phenoxy) is 1. The second-order valence-corrected chi connectivity index (χ2v) is 7.61. The molecule has 3 aromatic rings. The first kappa shape index (κ1) is 20.8. The van der Waals surface area contributed by atoms with E-state index >= 15 is 0 Å². The van der Waals surface area contributed by atoms with Crippen molar-refractivity contribution in [2.75, 3.05) is 12.0 Å². The van der Waals surface area contributed by atoms with Crippen LogP contribution in [0.15, 0.2) is 64.6 Å². The smallest absolute Gasteiger partial charge is 0.270 e. The van der Waals surface area contributed by atoms with E-state index in [0.717, 1.165) is 11.1 Å². The van der Waals surface area contributed by atoms with Crippen LogP contribution in [0.2, 0.25) is 5.02 Å². The molecule has 1 saturated heterocycles. The zero-order valence-electron chi connectivity index (χ0n) is 16.6. The van der Waals surface area contributed by atoms with Crippen LogP contribution in [0.1, 0.15) is 11.3 Å². The highest BCUT2D eigenvalue weighted by molar-refractivity contribution is 7.80. The molecule has 8 heteroatoms. The van der Waals surface area contributed by atoms with E-state index < -0.39 is 11.8 Å². The van der Waals surface area contributed by atoms with Crippen molar-refractivity contribution >= 4 is 52.5 Å². The number of hydrogen-bond acceptors (Lipinski definition) is 5. The molecule has 156 valence electrons. The zero-order valence-corrected chi connectivity index (χ0v) is 18.2. The highest BCUT2D eigenvalue weighted by atomic mass is 35.5. The van der Waals surface area contributed by atoms with Crippen LogP contribution in [0.4, 0.5) is 5.69 Å². The van der Waals surface area contributed by atoms with E-state index in [-0.39, 0.29) is 10.7 Å². The van der Waals surface area contributed by atoms with Crippen LogP contribution in [0.5, 0.6) is 5.75 Å². The summed E-state index contributed by atoms with van der Waals surface area (Å²) in [6, 6.07) is 15.9. The van der Waals surface area contributed by atoms with E-state index in [4.69, 9.17) is 33.0 Å². The Morgan fingerprint density at radius 1 is 1.13 bits per heavy atom. The Labute approximate surface area is 189 Å². The van der Waals surface area contributed by atoms with Crippen molar-refractivity contribution in [2.45, 2.75) is 6.92 Å². The summed E-state index contributed by atoms with van der Waals surface area (Å²) in [5.74, 6) is 0.201. The van der Waals surface area contributed by atoms with Gasteiger partial charge in [-0.3, -0.25) is 14.9 Å². The topological polar surface area (TPSA) is 71.8 Å². The van der Waals surface area contributed by atoms with Gasteiger partial charge < -0.3 is 9.15 Å². The molecule has 0 unspecified atom stereocenters. The van der Waals surface area contributed by atoms with Gasteiger partial charge in [0.1, 0.15) is 22.8 Å². The van der Waals surface area contributed by atoms with E-state index in [1.807, 2.05) is 13.0 Å². The number of hydrogen-bond donors (Lipinski definition) is 1. The van der Waals surface area contributed by atoms with Crippen LogP contribution in [0.25, 0.3) is 17.4 Å². The van der Waals surface area contributed by atoms with Crippen molar-refractivity contribution in [1.82, 2.24) is 5.32 Å². The van der Waals surface area contributed by atoms with Gasteiger partial charge in [0.25, 0.3) is 11.8 Å². The highest BCUT2D eigenvalue weighted by Crippen LogP contribution is 2.32. The summed E-state index contributed by atoms with van der Waals surface area (Å²) in [5, 5.41) is 3.11. The molecule has 1 aromatic heterocycles. The van der Waals surface area contributed by atoms with E-state index in [2.05, 4.69) is 5.32 Å². The summed E-state index contributed by atoms with van der Waals surface area (Å²) < 4.78 is 11.2. The molecule has 1 fully saturated rings. The first-order chi connectivity index (χ1) is 14.9. The van der Waals surface area contributed by atoms with Crippen LogP contribution in [0, 0.1) is 6.92 Å². The summed E-state index contributed by atoms with van der Waals surface area (Å²) in [6.45, 7) is 1.94. The SMILES string of the molecule is COc1ccccc1N1C(=O)/C(=C/c2ccc(-c3cc(Cl)ccc3C)o2)C(=O)NC1=S. The van der Waals surface area contributed by atoms with E-state index in [1.54, 1.807) is 48.5 Å². The average molecular weight is 453 g/mol. The number of furan rings is 1. The number of anilines is 1. The zero-order chi connectivity index (χ0) is 22.1. The Morgan fingerprint density at radius 2 is 1.90 bits per heavy atom. The van der Waals surface area contributed by atoms with Crippen molar-refractivity contribution < 1.29 is 18.7 Å². The number of nitrogens with one attached hydrogen (secondary N) is 1. The van der Waals surface area contributed by atoms with Gasteiger partial charge in [0.2, 0.25) is 0 Å². The van der Waals surface area contributed by atoms with Crippen molar-refractivity contribution in [3.8, 4) is 17.1 Å². The maximum Gasteiger partial charge on any atom is 0.270 e. The second-order valence-electron chi connectivity index (χ2n) is 6.79. The standard InChI is InChI=1S/C23H17ClN2O4S/c1-13-7-8-14(24)11-16(13)19-10-9-15(30-19)12-17-21(27)25-23(31)26(22(17)28)18-5-3-4-6-20(18)29-2/h3-12H,1-2H3,(H,25,27,31)/b17-12+. The Bertz CT molecular complexity index is 1250. The number of para-hydroxylation sites is 2. The van der Waals surface area contributed by atoms with Crippen molar-refractivity contribution in [1.29, 1.82) is 0 Å². The first-order valence-electron chi connectivity index (χ1n) is 9.30. The fourth-order valence-electron chi connectivity index (χ4n) is 3.27. The van der Waals surface area contributed by atoms with E-state index in [9.17, 15) is 9.59 Å². The minimum Gasteiger partial charge on any atom is -0.495 e. The van der Waals surface area contributed by atoms with Gasteiger partial charge in [-0.1, -0.05) is 29.8 Å². The Hall–Kier alpha value is -3.42. The van der Waals surface area contributed by atoms with Crippen LogP contribution >= 0.6 is 23.8 Å². The third-order valence-electron chi connectivity index (χ3n) is 4.81. The number of amides is 2. The molecule has 0 radical (unpaired) electrons. The van der Waals surface area contributed by atoms with Crippen molar-refractivity contribution in [3.63, 3.8) is 0 Å². The van der Waals surface area contributed by atoms with Gasteiger partial charge in [0.15, 0.2) is 5.11 Å². The third kappa shape index (κ3) is 3.97. The number of aryl methyl sites for hydroxylation is 1. The molecule has 6 nitrogen and oxygen atoms in total. The molecule has 2 aromatic carbocycles. The molecule has 0 spiro atoms. The minimum absolute atomic E-state index is 0.0219. The molecule has 0 atom stereocenters. The number of halogens is 1. The summed E-state index contributed by atoms with van der Waals surface area (Å²) in [6.07, 6.45) is 1.39. The monoisotopic (exact) mass is 452 g/mol. The predicted octanol–water partition coefficient (Wildman–Crippen LogP) is 4.75. The van der Waals surface area contributed by atoms with E-state index in [1.165, 1.54) is 18.1 Å². The Morgan fingerprint density at radius 3 is 2.68 bits per heavy atom. The maximum absolute atomic E-state index is 13.2. The van der Waals surface area contributed by atoms with Gasteiger partial charge in [-0.15, -0.1) is 0 Å². The molecule has 1 aliphatic heterocycles. The van der Waals surface area contributed by atoms with Crippen molar-refractivity contribution in [2.24, 2.45) is 0 Å². The summed E-state index contributed by atoms with van der Waals surface area (Å²) in [5.41, 5.74) is 2.13. The minimum atomic E-state index is -0.599. The lowest BCUT2D eigenvalue weighted by Gasteiger charge is -2.29. The number of benzene rings is 2. The fraction of sp³-hybridized carbons (Fsp3) is 0.0870. The molecule has 0 aliphatic carbocycles. The maximum atomic E-state index is 13.2. The quantitative estimate of drug-likeness (QED) is 0.351. The number of nitrogens with zero attached hydrogens (tertiary/aromatic N) is 1. The normalized spacial score (nSPS) is 15.4. The molecule has 0 bridgehead atoms. The Kier molecular flexibility index (Phi) is 5.63. The van der Waals surface area contributed by atoms with Gasteiger partial charge in [-0.05, 0) is 67.2 Å². The van der Waals surface area contributed by atoms with E-state index in [0.29, 0.717) is 28.0 Å². The molecule has 1 aliphatic rings. The van der Waals surface area contributed by atoms with Gasteiger partial charge in [-0.2, -0.15) is 0 Å². The molecular weight excluding hydrogens is 436 g/mol.